The van der Waals surface area contributed by atoms with Gasteiger partial charge in [0, 0.05) is 120 Å². The topological polar surface area (TPSA) is 376 Å². The zero-order valence-corrected chi connectivity index (χ0v) is 44.1. The Labute approximate surface area is 434 Å². The van der Waals surface area contributed by atoms with Gasteiger partial charge in [-0.2, -0.15) is 0 Å². The van der Waals surface area contributed by atoms with E-state index < -0.39 is 48.8 Å². The van der Waals surface area contributed by atoms with Gasteiger partial charge >= 0.3 is 7.48 Å². The molecular weight excluding hydrogens is 963 g/mol. The number of likely N-dealkylation sites (N-methyl/N-ethyl adjacent to an activating group) is 1. The second-order valence-corrected chi connectivity index (χ2v) is 16.5. The SMILES string of the molecule is CCCC(=O)NC(Cc1cnc[nH]1)C(=O)CNC.CCCC(=O)NC(Cc1cnc[nH]1)C(O)C(OC)OC.CCCC(=O)NC(Cc1cnc[nH]1)C(O)C=[NH+]C.COC(OC)C(O)C([B]OC=N)Cc1cnc[nH]1. The summed E-state index contributed by atoms with van der Waals surface area (Å²) in [5.41, 5.74) is 3.37. The van der Waals surface area contributed by atoms with Crippen LogP contribution in [0.1, 0.15) is 82.1 Å². The lowest BCUT2D eigenvalue weighted by molar-refractivity contribution is -0.417. The molecule has 7 atom stereocenters. The van der Waals surface area contributed by atoms with Crippen molar-refractivity contribution in [2.45, 2.75) is 140 Å². The molecule has 0 bridgehead atoms. The molecule has 13 N–H and O–H groups in total. The van der Waals surface area contributed by atoms with E-state index in [1.165, 1.54) is 35.9 Å². The second kappa shape index (κ2) is 40.2. The molecule has 0 saturated carbocycles. The number of aliphatic hydroxyl groups excluding tert-OH is 3. The molecule has 0 aromatic carbocycles. The largest absolute Gasteiger partial charge is 0.555 e. The maximum Gasteiger partial charge on any atom is 0.377 e. The summed E-state index contributed by atoms with van der Waals surface area (Å²) in [6.07, 6.45) is 16.5. The maximum atomic E-state index is 11.9. The Morgan fingerprint density at radius 1 is 0.649 bits per heavy atom. The van der Waals surface area contributed by atoms with Crippen LogP contribution in [0.5, 0.6) is 0 Å². The predicted octanol–water partition coefficient (Wildman–Crippen LogP) is -1.41. The Kier molecular flexibility index (Phi) is 35.8. The third-order valence-electron chi connectivity index (χ3n) is 10.6. The number of aliphatic hydroxyl groups is 3. The molecule has 4 aromatic rings. The third kappa shape index (κ3) is 27.2. The summed E-state index contributed by atoms with van der Waals surface area (Å²) >= 11 is 0. The fourth-order valence-electron chi connectivity index (χ4n) is 6.91. The normalized spacial score (nSPS) is 13.8. The minimum Gasteiger partial charge on any atom is -0.555 e. The van der Waals surface area contributed by atoms with Crippen molar-refractivity contribution in [1.82, 2.24) is 61.1 Å². The number of H-pyrrole nitrogens is 4. The average Bonchev–Trinajstić information content (AvgIpc) is 4.25. The first-order valence-corrected chi connectivity index (χ1v) is 24.3. The summed E-state index contributed by atoms with van der Waals surface area (Å²) in [6.45, 7) is 6.04. The number of imidazole rings is 4. The van der Waals surface area contributed by atoms with Crippen LogP contribution in [0.3, 0.4) is 0 Å². The fraction of sp³-hybridized carbons (Fsp3) is 0.617. The van der Waals surface area contributed by atoms with Crippen molar-refractivity contribution < 1.29 is 63.1 Å². The lowest BCUT2D eigenvalue weighted by atomic mass is 9.72. The number of ether oxygens (including phenoxy) is 4. The molecule has 4 rings (SSSR count). The van der Waals surface area contributed by atoms with Crippen LogP contribution < -0.4 is 26.3 Å². The first-order valence-electron chi connectivity index (χ1n) is 24.3. The molecule has 0 fully saturated rings. The first kappa shape index (κ1) is 65.8. The van der Waals surface area contributed by atoms with Crippen LogP contribution in [0.4, 0.5) is 0 Å². The molecule has 4 aromatic heterocycles. The number of ketones is 1. The molecule has 413 valence electrons. The van der Waals surface area contributed by atoms with Crippen molar-refractivity contribution in [3.05, 3.63) is 72.9 Å². The van der Waals surface area contributed by atoms with Crippen LogP contribution in [0.2, 0.25) is 5.82 Å². The number of carbonyl (C=O) groups excluding carboxylic acids is 4. The quantitative estimate of drug-likeness (QED) is 0.0113. The molecular formula is C47H81BN14O12+. The van der Waals surface area contributed by atoms with Gasteiger partial charge in [0.2, 0.25) is 17.7 Å². The Balaban J connectivity index is 0.000000494. The molecule has 0 spiro atoms. The van der Waals surface area contributed by atoms with Crippen molar-refractivity contribution in [3.8, 4) is 0 Å². The van der Waals surface area contributed by atoms with E-state index in [0.29, 0.717) is 44.9 Å². The third-order valence-corrected chi connectivity index (χ3v) is 10.6. The number of nitrogens with one attached hydrogen (secondary N) is 10. The summed E-state index contributed by atoms with van der Waals surface area (Å²) in [5.74, 6) is -0.674. The van der Waals surface area contributed by atoms with Gasteiger partial charge < -0.3 is 80.1 Å². The Morgan fingerprint density at radius 2 is 1.05 bits per heavy atom. The van der Waals surface area contributed by atoms with E-state index >= 15 is 0 Å². The van der Waals surface area contributed by atoms with Gasteiger partial charge in [-0.25, -0.2) is 19.9 Å². The summed E-state index contributed by atoms with van der Waals surface area (Å²) in [4.78, 5) is 77.1. The number of nitrogens with zero attached hydrogens (tertiary/aromatic N) is 4. The Bertz CT molecular complexity index is 2040. The summed E-state index contributed by atoms with van der Waals surface area (Å²) in [5, 5.41) is 48.4. The van der Waals surface area contributed by atoms with Gasteiger partial charge in [-0.05, 0) is 32.7 Å². The monoisotopic (exact) mass is 1040 g/mol. The van der Waals surface area contributed by atoms with Gasteiger partial charge in [0.15, 0.2) is 30.7 Å². The van der Waals surface area contributed by atoms with E-state index in [2.05, 4.69) is 66.1 Å². The summed E-state index contributed by atoms with van der Waals surface area (Å²) in [7, 11) is 10.6. The minimum absolute atomic E-state index is 0.0310. The number of carbonyl (C=O) groups is 4. The highest BCUT2D eigenvalue weighted by atomic mass is 16.7. The number of rotatable bonds is 33. The molecule has 0 aliphatic carbocycles. The maximum absolute atomic E-state index is 11.9. The lowest BCUT2D eigenvalue weighted by Gasteiger charge is -2.28. The number of methoxy groups -OCH3 is 4. The average molecular weight is 1050 g/mol. The molecule has 0 aliphatic heterocycles. The number of amides is 3. The second-order valence-electron chi connectivity index (χ2n) is 16.5. The highest BCUT2D eigenvalue weighted by Crippen LogP contribution is 2.21. The summed E-state index contributed by atoms with van der Waals surface area (Å²) in [6, 6.07) is -1.38. The molecule has 27 heteroatoms. The molecule has 1 radical (unpaired) electrons. The number of aromatic amines is 4. The van der Waals surface area contributed by atoms with Gasteiger partial charge in [-0.15, -0.1) is 0 Å². The molecule has 0 aliphatic rings. The number of aromatic nitrogens is 8. The van der Waals surface area contributed by atoms with Gasteiger partial charge in [-0.1, -0.05) is 20.8 Å². The van der Waals surface area contributed by atoms with Crippen molar-refractivity contribution in [1.29, 1.82) is 5.41 Å². The Morgan fingerprint density at radius 3 is 1.45 bits per heavy atom. The van der Waals surface area contributed by atoms with Crippen molar-refractivity contribution >= 4 is 43.6 Å². The van der Waals surface area contributed by atoms with E-state index in [1.54, 1.807) is 70.4 Å². The molecule has 7 unspecified atom stereocenters. The lowest BCUT2D eigenvalue weighted by Crippen LogP contribution is -2.67. The van der Waals surface area contributed by atoms with E-state index in [4.69, 9.17) is 29.0 Å². The predicted molar refractivity (Wildman–Crippen MR) is 275 cm³/mol. The number of Topliss-reactive ketones (excluding diaryl/α,β-unsaturated/α-hetero) is 1. The van der Waals surface area contributed by atoms with E-state index in [9.17, 15) is 34.5 Å². The molecule has 26 nitrogen and oxygen atoms in total. The van der Waals surface area contributed by atoms with Crippen LogP contribution in [0, 0.1) is 5.41 Å². The molecule has 3 amide bonds. The highest BCUT2D eigenvalue weighted by Gasteiger charge is 2.32. The van der Waals surface area contributed by atoms with Crippen LogP contribution in [-0.2, 0) is 68.5 Å². The molecule has 74 heavy (non-hydrogen) atoms. The first-order chi connectivity index (χ1) is 35.7. The smallest absolute Gasteiger partial charge is 0.377 e. The van der Waals surface area contributed by atoms with E-state index in [1.807, 2.05) is 20.8 Å². The minimum atomic E-state index is -0.978. The van der Waals surface area contributed by atoms with Gasteiger partial charge in [0.1, 0.15) is 25.7 Å². The zero-order valence-electron chi connectivity index (χ0n) is 44.1. The molecule has 4 heterocycles. The van der Waals surface area contributed by atoms with E-state index in [0.717, 1.165) is 48.4 Å². The highest BCUT2D eigenvalue weighted by molar-refractivity contribution is 6.32. The van der Waals surface area contributed by atoms with Crippen LogP contribution >= 0.6 is 0 Å². The number of hydrogen-bond acceptors (Lipinski definition) is 18. The zero-order chi connectivity index (χ0) is 55.1. The van der Waals surface area contributed by atoms with Gasteiger partial charge in [0.05, 0.1) is 50.0 Å². The Hall–Kier alpha value is -6.20. The fourth-order valence-corrected chi connectivity index (χ4v) is 6.91. The van der Waals surface area contributed by atoms with Crippen molar-refractivity contribution in [3.63, 3.8) is 0 Å². The van der Waals surface area contributed by atoms with Crippen molar-refractivity contribution in [2.75, 3.05) is 49.1 Å². The summed E-state index contributed by atoms with van der Waals surface area (Å²) < 4.78 is 24.9. The van der Waals surface area contributed by atoms with Crippen molar-refractivity contribution in [2.24, 2.45) is 0 Å². The van der Waals surface area contributed by atoms with Crippen LogP contribution in [-0.4, -0.2) is 197 Å². The van der Waals surface area contributed by atoms with Gasteiger partial charge in [0.25, 0.3) is 0 Å². The van der Waals surface area contributed by atoms with Crippen LogP contribution in [0.25, 0.3) is 0 Å². The standard InChI is InChI=1S/C13H23N3O4.2C12H20N4O2.C10H17BN3O4/c1-4-5-11(17)16-10(6-9-7-14-8-15-9)12(18)13(19-2)20-3;2*1-3-4-12(18)16-10(11(17)7-13-2)5-9-6-14-8-15-9;1-16-10(17-2)9(15)8(11-18-5-12)3-7-4-13-6-14-7/h7-8,10,12-13,18H,4-6H2,1-3H3,(H,14,15)(H,16,17);6,8,10,13H,3-5,7H2,1-2H3,(H,14,15)(H,16,18);6-8,10-11,17H,3-5H2,1-2H3,(H,14,15)(H,16,18);4-6,8-10,12,15H,3H2,1-2H3,(H,13,14)/p+1. The number of hydrogen-bond donors (Lipinski definition) is 13. The van der Waals surface area contributed by atoms with Crippen LogP contribution in [0.15, 0.2) is 50.1 Å². The van der Waals surface area contributed by atoms with Gasteiger partial charge in [-0.3, -0.25) is 29.6 Å². The molecule has 0 saturated heterocycles. The van der Waals surface area contributed by atoms with E-state index in [-0.39, 0.29) is 36.1 Å².